The fraction of sp³-hybridized carbons (Fsp3) is 0.741. The molecule has 0 aromatic heterocycles. The number of carbonyl (C=O) groups is 4. The molecule has 0 saturated heterocycles. The van der Waals surface area contributed by atoms with Gasteiger partial charge in [0.15, 0.2) is 12.2 Å². The maximum absolute atomic E-state index is 13.1. The van der Waals surface area contributed by atoms with Crippen LogP contribution < -0.4 is 0 Å². The van der Waals surface area contributed by atoms with Gasteiger partial charge in [-0.15, -0.1) is 0 Å². The van der Waals surface area contributed by atoms with Gasteiger partial charge in [-0.3, -0.25) is 37.3 Å². The van der Waals surface area contributed by atoms with Crippen molar-refractivity contribution in [3.63, 3.8) is 0 Å². The van der Waals surface area contributed by atoms with Crippen LogP contribution in [0.3, 0.4) is 0 Å². The van der Waals surface area contributed by atoms with E-state index in [9.17, 15) is 43.2 Å². The van der Waals surface area contributed by atoms with Crippen molar-refractivity contribution in [3.8, 4) is 0 Å². The third kappa shape index (κ3) is 75.9. The predicted molar refractivity (Wildman–Crippen MR) is 427 cm³/mol. The van der Waals surface area contributed by atoms with Crippen molar-refractivity contribution in [1.29, 1.82) is 0 Å². The molecule has 0 fully saturated rings. The molecule has 5 unspecified atom stereocenters. The lowest BCUT2D eigenvalue weighted by molar-refractivity contribution is -0.161. The summed E-state index contributed by atoms with van der Waals surface area (Å²) >= 11 is 0. The van der Waals surface area contributed by atoms with Crippen LogP contribution in [0, 0.1) is 0 Å². The minimum absolute atomic E-state index is 0.0803. The van der Waals surface area contributed by atoms with E-state index in [1.54, 1.807) is 0 Å². The molecule has 0 aliphatic rings. The average molecular weight is 1500 g/mol. The molecule has 0 amide bonds. The molecule has 0 aromatic rings. The smallest absolute Gasteiger partial charge is 0.462 e. The maximum atomic E-state index is 13.1. The zero-order chi connectivity index (χ0) is 76.0. The summed E-state index contributed by atoms with van der Waals surface area (Å²) in [5.74, 6) is -2.19. The van der Waals surface area contributed by atoms with Crippen LogP contribution in [0.25, 0.3) is 0 Å². The maximum Gasteiger partial charge on any atom is 0.472 e. The van der Waals surface area contributed by atoms with Crippen molar-refractivity contribution in [2.24, 2.45) is 0 Å². The third-order valence-corrected chi connectivity index (χ3v) is 19.1. The first kappa shape index (κ1) is 99.7. The second-order valence-electron chi connectivity index (χ2n) is 27.3. The minimum Gasteiger partial charge on any atom is -0.462 e. The lowest BCUT2D eigenvalue weighted by Gasteiger charge is -2.21. The highest BCUT2D eigenvalue weighted by molar-refractivity contribution is 7.47. The molecule has 0 saturated carbocycles. The van der Waals surface area contributed by atoms with Crippen LogP contribution in [0.5, 0.6) is 0 Å². The van der Waals surface area contributed by atoms with Gasteiger partial charge in [-0.25, -0.2) is 9.13 Å². The van der Waals surface area contributed by atoms with Crippen molar-refractivity contribution in [2.75, 3.05) is 39.6 Å². The Morgan fingerprint density at radius 1 is 0.279 bits per heavy atom. The summed E-state index contributed by atoms with van der Waals surface area (Å²) < 4.78 is 68.7. The van der Waals surface area contributed by atoms with Crippen LogP contribution in [-0.4, -0.2) is 96.7 Å². The summed E-state index contributed by atoms with van der Waals surface area (Å²) in [5, 5.41) is 10.6. The molecule has 0 bridgehead atoms. The number of aliphatic hydroxyl groups excluding tert-OH is 1. The standard InChI is InChI=1S/C85H148O17P2/c1-5-9-13-17-21-25-29-32-35-38-39-42-44-47-51-54-58-62-66-70-83(88)96-76-81(102-85(90)72-68-64-60-56-52-48-45-41-37-34-31-27-23-19-15-11-7-3)78-100-104(93,94)98-74-79(86)73-97-103(91,92)99-77-80(101-84(89)71-67-63-59-55-49-28-24-20-16-12-8-4)75-95-82(87)69-65-61-57-53-50-46-43-40-36-33-30-26-22-18-14-10-6-2/h10-11,14-15,21-23,25-27,32-37,39,42,79-81,86H,5-9,12-13,16-20,24,28-31,38,40-41,43-78H2,1-4H3,(H,91,92)(H,93,94)/b14-10-,15-11-,25-21-,26-22-,27-23-,35-32-,36-33-,37-34-,42-39-. The average Bonchev–Trinajstić information content (AvgIpc) is 0.906. The molecule has 0 aliphatic heterocycles. The van der Waals surface area contributed by atoms with Gasteiger partial charge in [-0.1, -0.05) is 304 Å². The Labute approximate surface area is 632 Å². The zero-order valence-electron chi connectivity index (χ0n) is 65.7. The number of allylic oxidation sites excluding steroid dienone is 18. The quantitative estimate of drug-likeness (QED) is 0.0169. The highest BCUT2D eigenvalue weighted by atomic mass is 31.2. The number of phosphoric acid groups is 2. The first-order valence-corrected chi connectivity index (χ1v) is 44.1. The van der Waals surface area contributed by atoms with Crippen LogP contribution in [0.1, 0.15) is 349 Å². The number of unbranched alkanes of at least 4 members (excludes halogenated alkanes) is 33. The molecule has 0 aliphatic carbocycles. The molecule has 19 heteroatoms. The second-order valence-corrected chi connectivity index (χ2v) is 30.2. The van der Waals surface area contributed by atoms with Crippen molar-refractivity contribution in [2.45, 2.75) is 367 Å². The van der Waals surface area contributed by atoms with Crippen LogP contribution in [0.2, 0.25) is 0 Å². The number of aliphatic hydroxyl groups is 1. The van der Waals surface area contributed by atoms with Crippen molar-refractivity contribution >= 4 is 39.5 Å². The highest BCUT2D eigenvalue weighted by Gasteiger charge is 2.30. The van der Waals surface area contributed by atoms with Crippen molar-refractivity contribution in [1.82, 2.24) is 0 Å². The Kier molecular flexibility index (Phi) is 73.7. The number of esters is 4. The minimum atomic E-state index is -4.98. The molecule has 0 aromatic carbocycles. The molecule has 0 spiro atoms. The summed E-state index contributed by atoms with van der Waals surface area (Å²) in [6.07, 6.45) is 83.4. The normalized spacial score (nSPS) is 14.4. The van der Waals surface area contributed by atoms with E-state index in [0.29, 0.717) is 25.7 Å². The number of ether oxygens (including phenoxy) is 4. The van der Waals surface area contributed by atoms with E-state index in [0.717, 1.165) is 212 Å². The number of phosphoric ester groups is 2. The molecule has 5 atom stereocenters. The van der Waals surface area contributed by atoms with Crippen LogP contribution in [0.4, 0.5) is 0 Å². The fourth-order valence-corrected chi connectivity index (χ4v) is 12.6. The lowest BCUT2D eigenvalue weighted by atomic mass is 10.1. The van der Waals surface area contributed by atoms with Gasteiger partial charge in [0, 0.05) is 25.7 Å². The monoisotopic (exact) mass is 1500 g/mol. The van der Waals surface area contributed by atoms with Gasteiger partial charge >= 0.3 is 39.5 Å². The largest absolute Gasteiger partial charge is 0.472 e. The molecule has 600 valence electrons. The molecular weight excluding hydrogens is 1350 g/mol. The Bertz CT molecular complexity index is 2390. The Morgan fingerprint density at radius 3 is 0.788 bits per heavy atom. The van der Waals surface area contributed by atoms with Crippen molar-refractivity contribution < 1.29 is 80.2 Å². The fourth-order valence-electron chi connectivity index (χ4n) is 11.0. The summed E-state index contributed by atoms with van der Waals surface area (Å²) in [4.78, 5) is 73.1. The summed E-state index contributed by atoms with van der Waals surface area (Å²) in [7, 11) is -9.96. The van der Waals surface area contributed by atoms with E-state index in [-0.39, 0.29) is 25.7 Å². The summed E-state index contributed by atoms with van der Waals surface area (Å²) in [6, 6.07) is 0. The van der Waals surface area contributed by atoms with Gasteiger partial charge in [0.05, 0.1) is 26.4 Å². The van der Waals surface area contributed by atoms with Crippen molar-refractivity contribution in [3.05, 3.63) is 109 Å². The Morgan fingerprint density at radius 2 is 0.500 bits per heavy atom. The van der Waals surface area contributed by atoms with Gasteiger partial charge in [-0.05, 0) is 128 Å². The number of carbonyl (C=O) groups excluding carboxylic acids is 4. The summed E-state index contributed by atoms with van der Waals surface area (Å²) in [5.41, 5.74) is 0. The van der Waals surface area contributed by atoms with Crippen LogP contribution in [-0.2, 0) is 65.4 Å². The Balaban J connectivity index is 5.34. The molecule has 0 rings (SSSR count). The van der Waals surface area contributed by atoms with Crippen LogP contribution in [0.15, 0.2) is 109 Å². The highest BCUT2D eigenvalue weighted by Crippen LogP contribution is 2.45. The third-order valence-electron chi connectivity index (χ3n) is 17.2. The van der Waals surface area contributed by atoms with E-state index in [1.165, 1.54) is 57.8 Å². The van der Waals surface area contributed by atoms with E-state index in [4.69, 9.17) is 37.0 Å². The van der Waals surface area contributed by atoms with Gasteiger partial charge in [0.2, 0.25) is 0 Å². The van der Waals surface area contributed by atoms with Gasteiger partial charge in [-0.2, -0.15) is 0 Å². The molecule has 0 heterocycles. The van der Waals surface area contributed by atoms with Gasteiger partial charge < -0.3 is 33.8 Å². The van der Waals surface area contributed by atoms with Gasteiger partial charge in [0.25, 0.3) is 0 Å². The lowest BCUT2D eigenvalue weighted by Crippen LogP contribution is -2.30. The Hall–Kier alpha value is -4.28. The first-order valence-electron chi connectivity index (χ1n) is 41.1. The molecule has 17 nitrogen and oxygen atoms in total. The predicted octanol–water partition coefficient (Wildman–Crippen LogP) is 24.1. The molecule has 0 radical (unpaired) electrons. The number of hydrogen-bond acceptors (Lipinski definition) is 15. The molecule has 104 heavy (non-hydrogen) atoms. The molecular formula is C85H148O17P2. The van der Waals surface area contributed by atoms with Gasteiger partial charge in [0.1, 0.15) is 19.3 Å². The SMILES string of the molecule is CC/C=C\C/C=C\C/C=C\CCCCCCCCCC(=O)OCC(COP(=O)(O)OCC(O)COP(=O)(O)OCC(COC(=O)CCCCCCCC/C=C\C/C=C\C/C=C\CCCCC)OC(=O)CCCCCCCCC/C=C\C/C=C\C/C=C\CC)OC(=O)CCCCCCCCCCCCC. The van der Waals surface area contributed by atoms with Crippen LogP contribution >= 0.6 is 15.6 Å². The number of rotatable bonds is 77. The topological polar surface area (TPSA) is 237 Å². The number of hydrogen-bond donors (Lipinski definition) is 3. The van der Waals surface area contributed by atoms with E-state index >= 15 is 0 Å². The molecule has 3 N–H and O–H groups in total. The van der Waals surface area contributed by atoms with E-state index in [2.05, 4.69) is 137 Å². The second kappa shape index (κ2) is 76.9. The summed E-state index contributed by atoms with van der Waals surface area (Å²) in [6.45, 7) is 4.63. The van der Waals surface area contributed by atoms with E-state index < -0.39 is 97.5 Å². The first-order chi connectivity index (χ1) is 50.7. The van der Waals surface area contributed by atoms with E-state index in [1.807, 2.05) is 0 Å². The zero-order valence-corrected chi connectivity index (χ0v) is 67.5.